The van der Waals surface area contributed by atoms with E-state index in [9.17, 15) is 0 Å². The Labute approximate surface area is 146 Å². The smallest absolute Gasteiger partial charge is 0.117 e. The average Bonchev–Trinajstić information content (AvgIpc) is 3.27. The molecule has 3 aromatic rings. The van der Waals surface area contributed by atoms with Crippen molar-refractivity contribution < 1.29 is 4.42 Å². The first-order valence-corrected chi connectivity index (χ1v) is 8.71. The second-order valence-electron chi connectivity index (χ2n) is 6.36. The van der Waals surface area contributed by atoms with Gasteiger partial charge in [0.05, 0.1) is 19.0 Å². The van der Waals surface area contributed by atoms with Gasteiger partial charge in [-0.3, -0.25) is 10.00 Å². The molecule has 124 valence electrons. The highest BCUT2D eigenvalue weighted by atomic mass is 35.5. The minimum atomic E-state index is 0.460. The number of piperidine rings is 1. The molecular weight excluding hydrogens is 322 g/mol. The van der Waals surface area contributed by atoms with Crippen LogP contribution < -0.4 is 0 Å². The number of H-pyrrole nitrogens is 1. The predicted molar refractivity (Wildman–Crippen MR) is 95.0 cm³/mol. The van der Waals surface area contributed by atoms with Crippen molar-refractivity contribution in [3.63, 3.8) is 0 Å². The molecule has 1 aliphatic heterocycles. The van der Waals surface area contributed by atoms with E-state index in [0.717, 1.165) is 36.0 Å². The highest BCUT2D eigenvalue weighted by Crippen LogP contribution is 2.33. The number of benzene rings is 1. The van der Waals surface area contributed by atoms with Crippen molar-refractivity contribution in [2.24, 2.45) is 0 Å². The SMILES string of the molecule is Clc1ccc(-c2cn[nH]c2[C@@H]2CCCN(Cc3ccco3)C2)cc1. The van der Waals surface area contributed by atoms with Gasteiger partial charge in [0, 0.05) is 28.7 Å². The summed E-state index contributed by atoms with van der Waals surface area (Å²) in [6.45, 7) is 3.00. The van der Waals surface area contributed by atoms with E-state index in [1.807, 2.05) is 30.5 Å². The van der Waals surface area contributed by atoms with E-state index in [1.165, 1.54) is 24.1 Å². The average molecular weight is 342 g/mol. The number of nitrogens with zero attached hydrogens (tertiary/aromatic N) is 2. The summed E-state index contributed by atoms with van der Waals surface area (Å²) in [5.74, 6) is 1.49. The first-order chi connectivity index (χ1) is 11.8. The lowest BCUT2D eigenvalue weighted by Crippen LogP contribution is -2.34. The number of aromatic amines is 1. The molecule has 1 atom stereocenters. The Morgan fingerprint density at radius 3 is 2.92 bits per heavy atom. The highest BCUT2D eigenvalue weighted by molar-refractivity contribution is 6.30. The Hall–Kier alpha value is -2.04. The van der Waals surface area contributed by atoms with Crippen LogP contribution in [-0.4, -0.2) is 28.2 Å². The molecule has 0 radical (unpaired) electrons. The zero-order valence-corrected chi connectivity index (χ0v) is 14.2. The number of hydrogen-bond donors (Lipinski definition) is 1. The molecule has 1 aliphatic rings. The topological polar surface area (TPSA) is 45.1 Å². The minimum absolute atomic E-state index is 0.460. The lowest BCUT2D eigenvalue weighted by atomic mass is 9.90. The third kappa shape index (κ3) is 3.25. The molecule has 0 amide bonds. The maximum absolute atomic E-state index is 6.01. The van der Waals surface area contributed by atoms with Crippen molar-refractivity contribution in [3.05, 3.63) is 65.3 Å². The van der Waals surface area contributed by atoms with Crippen molar-refractivity contribution in [1.29, 1.82) is 0 Å². The van der Waals surface area contributed by atoms with Gasteiger partial charge in [-0.1, -0.05) is 23.7 Å². The molecule has 4 rings (SSSR count). The molecule has 5 heteroatoms. The monoisotopic (exact) mass is 341 g/mol. The first-order valence-electron chi connectivity index (χ1n) is 8.33. The quantitative estimate of drug-likeness (QED) is 0.748. The fraction of sp³-hybridized carbons (Fsp3) is 0.316. The third-order valence-electron chi connectivity index (χ3n) is 4.70. The van der Waals surface area contributed by atoms with Crippen LogP contribution in [0.3, 0.4) is 0 Å². The Morgan fingerprint density at radius 1 is 1.25 bits per heavy atom. The second kappa shape index (κ2) is 6.83. The van der Waals surface area contributed by atoms with Crippen LogP contribution in [-0.2, 0) is 6.54 Å². The van der Waals surface area contributed by atoms with Crippen LogP contribution in [0, 0.1) is 0 Å². The van der Waals surface area contributed by atoms with E-state index in [1.54, 1.807) is 6.26 Å². The number of halogens is 1. The summed E-state index contributed by atoms with van der Waals surface area (Å²) >= 11 is 6.01. The van der Waals surface area contributed by atoms with Crippen molar-refractivity contribution >= 4 is 11.6 Å². The molecule has 1 saturated heterocycles. The Morgan fingerprint density at radius 2 is 2.12 bits per heavy atom. The van der Waals surface area contributed by atoms with Crippen molar-refractivity contribution in [2.45, 2.75) is 25.3 Å². The molecule has 0 unspecified atom stereocenters. The molecular formula is C19H20ClN3O. The van der Waals surface area contributed by atoms with Crippen LogP contribution in [0.25, 0.3) is 11.1 Å². The first kappa shape index (κ1) is 15.5. The van der Waals surface area contributed by atoms with Gasteiger partial charge in [-0.15, -0.1) is 0 Å². The van der Waals surface area contributed by atoms with Crippen LogP contribution in [0.1, 0.15) is 30.2 Å². The lowest BCUT2D eigenvalue weighted by Gasteiger charge is -2.32. The maximum Gasteiger partial charge on any atom is 0.117 e. The summed E-state index contributed by atoms with van der Waals surface area (Å²) in [5, 5.41) is 8.29. The van der Waals surface area contributed by atoms with E-state index in [0.29, 0.717) is 5.92 Å². The van der Waals surface area contributed by atoms with E-state index >= 15 is 0 Å². The molecule has 1 fully saturated rings. The van der Waals surface area contributed by atoms with Crippen molar-refractivity contribution in [1.82, 2.24) is 15.1 Å². The predicted octanol–water partition coefficient (Wildman–Crippen LogP) is 4.70. The summed E-state index contributed by atoms with van der Waals surface area (Å²) in [6.07, 6.45) is 6.02. The van der Waals surface area contributed by atoms with Gasteiger partial charge in [0.2, 0.25) is 0 Å². The van der Waals surface area contributed by atoms with E-state index < -0.39 is 0 Å². The van der Waals surface area contributed by atoms with Crippen molar-refractivity contribution in [3.8, 4) is 11.1 Å². The molecule has 1 N–H and O–H groups in total. The fourth-order valence-electron chi connectivity index (χ4n) is 3.52. The summed E-state index contributed by atoms with van der Waals surface area (Å²) in [7, 11) is 0. The molecule has 0 saturated carbocycles. The van der Waals surface area contributed by atoms with Gasteiger partial charge < -0.3 is 4.42 Å². The van der Waals surface area contributed by atoms with Crippen LogP contribution in [0.15, 0.2) is 53.3 Å². The van der Waals surface area contributed by atoms with Gasteiger partial charge in [-0.25, -0.2) is 0 Å². The number of rotatable bonds is 4. The Bertz CT molecular complexity index is 779. The van der Waals surface area contributed by atoms with Gasteiger partial charge in [0.1, 0.15) is 5.76 Å². The minimum Gasteiger partial charge on any atom is -0.468 e. The molecule has 24 heavy (non-hydrogen) atoms. The maximum atomic E-state index is 6.01. The summed E-state index contributed by atoms with van der Waals surface area (Å²) in [4.78, 5) is 2.46. The summed E-state index contributed by atoms with van der Waals surface area (Å²) < 4.78 is 5.49. The van der Waals surface area contributed by atoms with Crippen LogP contribution in [0.5, 0.6) is 0 Å². The van der Waals surface area contributed by atoms with Gasteiger partial charge in [0.25, 0.3) is 0 Å². The van der Waals surface area contributed by atoms with Gasteiger partial charge in [-0.2, -0.15) is 5.10 Å². The molecule has 2 aromatic heterocycles. The van der Waals surface area contributed by atoms with Gasteiger partial charge in [-0.05, 0) is 49.2 Å². The Kier molecular flexibility index (Phi) is 4.41. The van der Waals surface area contributed by atoms with Crippen LogP contribution in [0.2, 0.25) is 5.02 Å². The van der Waals surface area contributed by atoms with Gasteiger partial charge >= 0.3 is 0 Å². The molecule has 0 aliphatic carbocycles. The second-order valence-corrected chi connectivity index (χ2v) is 6.79. The van der Waals surface area contributed by atoms with E-state index in [4.69, 9.17) is 16.0 Å². The number of furan rings is 1. The summed E-state index contributed by atoms with van der Waals surface area (Å²) in [6, 6.07) is 12.0. The normalized spacial score (nSPS) is 18.8. The number of aromatic nitrogens is 2. The zero-order chi connectivity index (χ0) is 16.4. The molecule has 4 nitrogen and oxygen atoms in total. The highest BCUT2D eigenvalue weighted by Gasteiger charge is 2.25. The van der Waals surface area contributed by atoms with Crippen molar-refractivity contribution in [2.75, 3.05) is 13.1 Å². The lowest BCUT2D eigenvalue weighted by molar-refractivity contribution is 0.185. The standard InChI is InChI=1S/C19H20ClN3O/c20-16-7-5-14(6-8-16)18-11-21-22-19(18)15-3-1-9-23(12-15)13-17-4-2-10-24-17/h2,4-8,10-11,15H,1,3,9,12-13H2,(H,21,22)/t15-/m1/s1. The van der Waals surface area contributed by atoms with Crippen LogP contribution in [0.4, 0.5) is 0 Å². The number of nitrogens with one attached hydrogen (secondary N) is 1. The zero-order valence-electron chi connectivity index (χ0n) is 13.4. The number of likely N-dealkylation sites (tertiary alicyclic amines) is 1. The van der Waals surface area contributed by atoms with E-state index in [-0.39, 0.29) is 0 Å². The largest absolute Gasteiger partial charge is 0.468 e. The van der Waals surface area contributed by atoms with Gasteiger partial charge in [0.15, 0.2) is 0 Å². The molecule has 0 bridgehead atoms. The van der Waals surface area contributed by atoms with Crippen LogP contribution >= 0.6 is 11.6 Å². The molecule has 1 aromatic carbocycles. The fourth-order valence-corrected chi connectivity index (χ4v) is 3.65. The molecule has 0 spiro atoms. The van der Waals surface area contributed by atoms with E-state index in [2.05, 4.69) is 27.2 Å². The third-order valence-corrected chi connectivity index (χ3v) is 4.95. The summed E-state index contributed by atoms with van der Waals surface area (Å²) in [5.41, 5.74) is 3.56. The number of hydrogen-bond acceptors (Lipinski definition) is 3. The molecule has 3 heterocycles. The Balaban J connectivity index is 1.53.